The summed E-state index contributed by atoms with van der Waals surface area (Å²) in [6.07, 6.45) is 2.24. The first-order valence-electron chi connectivity index (χ1n) is 7.00. The van der Waals surface area contributed by atoms with E-state index >= 15 is 0 Å². The highest BCUT2D eigenvalue weighted by atomic mass is 19.3. The van der Waals surface area contributed by atoms with Crippen molar-refractivity contribution in [3.63, 3.8) is 0 Å². The summed E-state index contributed by atoms with van der Waals surface area (Å²) in [7, 11) is 0. The Hall–Kier alpha value is -1.88. The van der Waals surface area contributed by atoms with Crippen molar-refractivity contribution in [2.24, 2.45) is 0 Å². The molecule has 3 rings (SSSR count). The number of alkyl halides is 2. The van der Waals surface area contributed by atoms with Crippen molar-refractivity contribution < 1.29 is 18.6 Å². The third kappa shape index (κ3) is 2.65. The number of aromatic nitrogens is 1. The fourth-order valence-corrected chi connectivity index (χ4v) is 3.01. The van der Waals surface area contributed by atoms with Crippen LogP contribution in [0, 0.1) is 6.92 Å². The first-order valence-corrected chi connectivity index (χ1v) is 7.00. The van der Waals surface area contributed by atoms with E-state index in [4.69, 9.17) is 0 Å². The van der Waals surface area contributed by atoms with Crippen LogP contribution in [0.5, 0.6) is 5.75 Å². The average molecular weight is 293 g/mol. The topological polar surface area (TPSA) is 34.4 Å². The summed E-state index contributed by atoms with van der Waals surface area (Å²) >= 11 is 0. The molecule has 0 radical (unpaired) electrons. The molecule has 1 heterocycles. The van der Waals surface area contributed by atoms with Gasteiger partial charge in [0.05, 0.1) is 6.10 Å². The minimum atomic E-state index is -2.81. The summed E-state index contributed by atoms with van der Waals surface area (Å²) in [4.78, 5) is 0. The quantitative estimate of drug-likeness (QED) is 0.935. The summed E-state index contributed by atoms with van der Waals surface area (Å²) < 4.78 is 30.8. The van der Waals surface area contributed by atoms with E-state index in [1.807, 2.05) is 13.0 Å². The number of benzene rings is 1. The number of rotatable bonds is 3. The Morgan fingerprint density at radius 2 is 2.00 bits per heavy atom. The molecule has 3 nitrogen and oxygen atoms in total. The first kappa shape index (κ1) is 14.1. The molecule has 1 atom stereocenters. The van der Waals surface area contributed by atoms with Crippen LogP contribution in [-0.4, -0.2) is 16.3 Å². The lowest BCUT2D eigenvalue weighted by Gasteiger charge is -2.20. The molecule has 0 aliphatic heterocycles. The molecule has 1 N–H and O–H groups in total. The molecule has 5 heteroatoms. The van der Waals surface area contributed by atoms with Crippen molar-refractivity contribution in [3.05, 3.63) is 47.3 Å². The molecular formula is C16H17F2NO2. The van der Waals surface area contributed by atoms with Crippen molar-refractivity contribution in [2.75, 3.05) is 0 Å². The standard InChI is InChI=1S/C16H17F2NO2/c1-10-9-13-14(3-2-4-15(13)20)19(10)11-5-7-12(8-6-11)21-16(17)18/h5-9,15-16,20H,2-4H2,1H3. The van der Waals surface area contributed by atoms with E-state index in [0.29, 0.717) is 0 Å². The molecule has 0 bridgehead atoms. The minimum absolute atomic E-state index is 0.146. The van der Waals surface area contributed by atoms with Crippen molar-refractivity contribution in [1.82, 2.24) is 4.57 Å². The molecule has 112 valence electrons. The van der Waals surface area contributed by atoms with E-state index in [1.165, 1.54) is 12.1 Å². The van der Waals surface area contributed by atoms with Crippen LogP contribution < -0.4 is 4.74 Å². The smallest absolute Gasteiger partial charge is 0.387 e. The second-order valence-corrected chi connectivity index (χ2v) is 5.30. The fraction of sp³-hybridized carbons (Fsp3) is 0.375. The zero-order chi connectivity index (χ0) is 15.0. The zero-order valence-electron chi connectivity index (χ0n) is 11.7. The maximum Gasteiger partial charge on any atom is 0.387 e. The van der Waals surface area contributed by atoms with Gasteiger partial charge in [-0.3, -0.25) is 0 Å². The van der Waals surface area contributed by atoms with E-state index in [1.54, 1.807) is 12.1 Å². The van der Waals surface area contributed by atoms with Gasteiger partial charge in [0.2, 0.25) is 0 Å². The third-order valence-electron chi connectivity index (χ3n) is 3.89. The molecule has 0 spiro atoms. The van der Waals surface area contributed by atoms with Gasteiger partial charge in [0.15, 0.2) is 0 Å². The van der Waals surface area contributed by atoms with E-state index in [2.05, 4.69) is 9.30 Å². The molecule has 1 aliphatic rings. The number of hydrogen-bond donors (Lipinski definition) is 1. The summed E-state index contributed by atoms with van der Waals surface area (Å²) in [5, 5.41) is 10.1. The monoisotopic (exact) mass is 293 g/mol. The van der Waals surface area contributed by atoms with E-state index in [9.17, 15) is 13.9 Å². The molecule has 2 aromatic rings. The van der Waals surface area contributed by atoms with Crippen molar-refractivity contribution in [2.45, 2.75) is 38.9 Å². The molecule has 1 aliphatic carbocycles. The lowest BCUT2D eigenvalue weighted by atomic mass is 9.95. The number of aryl methyl sites for hydroxylation is 1. The number of aliphatic hydroxyl groups is 1. The van der Waals surface area contributed by atoms with Crippen LogP contribution in [0.25, 0.3) is 5.69 Å². The fourth-order valence-electron chi connectivity index (χ4n) is 3.01. The number of nitrogens with zero attached hydrogens (tertiary/aromatic N) is 1. The highest BCUT2D eigenvalue weighted by molar-refractivity contribution is 5.45. The Balaban J connectivity index is 1.97. The second kappa shape index (κ2) is 5.48. The lowest BCUT2D eigenvalue weighted by molar-refractivity contribution is -0.0498. The van der Waals surface area contributed by atoms with Crippen LogP contribution in [0.4, 0.5) is 8.78 Å². The van der Waals surface area contributed by atoms with Gasteiger partial charge in [-0.05, 0) is 56.5 Å². The van der Waals surface area contributed by atoms with E-state index in [-0.39, 0.29) is 5.75 Å². The highest BCUT2D eigenvalue weighted by Gasteiger charge is 2.23. The van der Waals surface area contributed by atoms with Gasteiger partial charge in [0.25, 0.3) is 0 Å². The maximum atomic E-state index is 12.2. The van der Waals surface area contributed by atoms with Gasteiger partial charge < -0.3 is 14.4 Å². The summed E-state index contributed by atoms with van der Waals surface area (Å²) in [6.45, 7) is -0.832. The van der Waals surface area contributed by atoms with Crippen molar-refractivity contribution in [1.29, 1.82) is 0 Å². The summed E-state index contributed by atoms with van der Waals surface area (Å²) in [6, 6.07) is 8.58. The van der Waals surface area contributed by atoms with Gasteiger partial charge in [-0.25, -0.2) is 0 Å². The second-order valence-electron chi connectivity index (χ2n) is 5.30. The Labute approximate surface area is 121 Å². The number of fused-ring (bicyclic) bond motifs is 1. The van der Waals surface area contributed by atoms with Crippen LogP contribution in [0.15, 0.2) is 30.3 Å². The van der Waals surface area contributed by atoms with Gasteiger partial charge in [0, 0.05) is 22.6 Å². The van der Waals surface area contributed by atoms with Gasteiger partial charge >= 0.3 is 6.61 Å². The normalized spacial score (nSPS) is 17.9. The van der Waals surface area contributed by atoms with Crippen LogP contribution in [-0.2, 0) is 6.42 Å². The molecule has 0 saturated carbocycles. The highest BCUT2D eigenvalue weighted by Crippen LogP contribution is 2.34. The van der Waals surface area contributed by atoms with Crippen LogP contribution >= 0.6 is 0 Å². The average Bonchev–Trinajstić information content (AvgIpc) is 2.77. The number of ether oxygens (including phenoxy) is 1. The molecule has 1 aromatic heterocycles. The Morgan fingerprint density at radius 3 is 2.67 bits per heavy atom. The number of hydrogen-bond acceptors (Lipinski definition) is 2. The van der Waals surface area contributed by atoms with E-state index < -0.39 is 12.7 Å². The predicted octanol–water partition coefficient (Wildman–Crippen LogP) is 3.76. The Morgan fingerprint density at radius 1 is 1.29 bits per heavy atom. The molecule has 1 aromatic carbocycles. The van der Waals surface area contributed by atoms with Crippen LogP contribution in [0.3, 0.4) is 0 Å². The summed E-state index contributed by atoms with van der Waals surface area (Å²) in [5.74, 6) is 0.146. The third-order valence-corrected chi connectivity index (χ3v) is 3.89. The molecule has 0 amide bonds. The molecular weight excluding hydrogens is 276 g/mol. The lowest BCUT2D eigenvalue weighted by Crippen LogP contribution is -2.11. The minimum Gasteiger partial charge on any atom is -0.435 e. The molecule has 0 fully saturated rings. The number of halogens is 2. The van der Waals surface area contributed by atoms with Crippen molar-refractivity contribution >= 4 is 0 Å². The number of aliphatic hydroxyl groups excluding tert-OH is 1. The molecule has 21 heavy (non-hydrogen) atoms. The molecule has 0 saturated heterocycles. The van der Waals surface area contributed by atoms with Gasteiger partial charge in [0.1, 0.15) is 5.75 Å². The largest absolute Gasteiger partial charge is 0.435 e. The van der Waals surface area contributed by atoms with Gasteiger partial charge in [-0.15, -0.1) is 0 Å². The SMILES string of the molecule is Cc1cc2c(n1-c1ccc(OC(F)F)cc1)CCCC2O. The molecule has 1 unspecified atom stereocenters. The maximum absolute atomic E-state index is 12.2. The summed E-state index contributed by atoms with van der Waals surface area (Å²) in [5.41, 5.74) is 4.01. The van der Waals surface area contributed by atoms with E-state index in [0.717, 1.165) is 41.9 Å². The van der Waals surface area contributed by atoms with Gasteiger partial charge in [-0.1, -0.05) is 0 Å². The van der Waals surface area contributed by atoms with Gasteiger partial charge in [-0.2, -0.15) is 8.78 Å². The first-order chi connectivity index (χ1) is 10.1. The Bertz CT molecular complexity index is 634. The van der Waals surface area contributed by atoms with Crippen molar-refractivity contribution in [3.8, 4) is 11.4 Å². The van der Waals surface area contributed by atoms with Crippen LogP contribution in [0.1, 0.15) is 35.9 Å². The predicted molar refractivity (Wildman–Crippen MR) is 75.0 cm³/mol. The zero-order valence-corrected chi connectivity index (χ0v) is 11.7. The van der Waals surface area contributed by atoms with Crippen LogP contribution in [0.2, 0.25) is 0 Å². The Kier molecular flexibility index (Phi) is 3.68.